The number of benzene rings is 1. The van der Waals surface area contributed by atoms with Crippen molar-refractivity contribution >= 4 is 5.65 Å². The standard InChI is InChI=1S/C14H9F3N2O/c15-14(16,17)11-8-9(20)4-5-10(11)12-2-1-3-13-18-6-7-19(12)13/h1-8,20H. The number of pyridine rings is 1. The van der Waals surface area contributed by atoms with Crippen LogP contribution < -0.4 is 0 Å². The number of nitrogens with zero attached hydrogens (tertiary/aromatic N) is 2. The summed E-state index contributed by atoms with van der Waals surface area (Å²) in [7, 11) is 0. The minimum absolute atomic E-state index is 0.00102. The smallest absolute Gasteiger partial charge is 0.417 e. The monoisotopic (exact) mass is 278 g/mol. The van der Waals surface area contributed by atoms with Crippen molar-refractivity contribution in [1.29, 1.82) is 0 Å². The number of fused-ring (bicyclic) bond motifs is 1. The van der Waals surface area contributed by atoms with E-state index in [0.29, 0.717) is 11.3 Å². The predicted octanol–water partition coefficient (Wildman–Crippen LogP) is 3.73. The highest BCUT2D eigenvalue weighted by Gasteiger charge is 2.34. The Morgan fingerprint density at radius 3 is 2.65 bits per heavy atom. The van der Waals surface area contributed by atoms with Gasteiger partial charge in [-0.1, -0.05) is 6.07 Å². The molecule has 0 bridgehead atoms. The number of rotatable bonds is 1. The summed E-state index contributed by atoms with van der Waals surface area (Å²) in [6.45, 7) is 0. The predicted molar refractivity (Wildman–Crippen MR) is 67.3 cm³/mol. The molecule has 1 aromatic carbocycles. The van der Waals surface area contributed by atoms with Gasteiger partial charge in [0.1, 0.15) is 11.4 Å². The molecule has 0 saturated carbocycles. The SMILES string of the molecule is Oc1ccc(-c2cccc3nccn23)c(C(F)(F)F)c1. The lowest BCUT2D eigenvalue weighted by Gasteiger charge is -2.14. The summed E-state index contributed by atoms with van der Waals surface area (Å²) in [6.07, 6.45) is -1.43. The lowest BCUT2D eigenvalue weighted by Crippen LogP contribution is -2.08. The molecule has 2 aromatic heterocycles. The first kappa shape index (κ1) is 12.5. The Labute approximate surface area is 111 Å². The van der Waals surface area contributed by atoms with Gasteiger partial charge in [0.25, 0.3) is 0 Å². The molecule has 0 amide bonds. The van der Waals surface area contributed by atoms with E-state index in [1.165, 1.54) is 18.3 Å². The van der Waals surface area contributed by atoms with Crippen LogP contribution in [0.1, 0.15) is 5.56 Å². The van der Waals surface area contributed by atoms with Crippen LogP contribution in [0.15, 0.2) is 48.8 Å². The second-order valence-corrected chi connectivity index (χ2v) is 4.29. The zero-order valence-electron chi connectivity index (χ0n) is 10.1. The van der Waals surface area contributed by atoms with Gasteiger partial charge in [-0.3, -0.25) is 4.40 Å². The fraction of sp³-hybridized carbons (Fsp3) is 0.0714. The number of hydrogen-bond acceptors (Lipinski definition) is 2. The highest BCUT2D eigenvalue weighted by Crippen LogP contribution is 2.38. The third kappa shape index (κ3) is 1.99. The normalized spacial score (nSPS) is 11.9. The molecule has 2 heterocycles. The van der Waals surface area contributed by atoms with Gasteiger partial charge in [-0.15, -0.1) is 0 Å². The number of hydrogen-bond donors (Lipinski definition) is 1. The van der Waals surface area contributed by atoms with Crippen LogP contribution in [0, 0.1) is 0 Å². The summed E-state index contributed by atoms with van der Waals surface area (Å²) in [5, 5.41) is 9.30. The molecule has 6 heteroatoms. The van der Waals surface area contributed by atoms with Gasteiger partial charge in [0.05, 0.1) is 11.3 Å². The molecule has 0 aliphatic carbocycles. The molecule has 3 rings (SSSR count). The minimum atomic E-state index is -4.54. The van der Waals surface area contributed by atoms with E-state index in [9.17, 15) is 18.3 Å². The first-order valence-electron chi connectivity index (χ1n) is 5.79. The van der Waals surface area contributed by atoms with E-state index in [-0.39, 0.29) is 5.56 Å². The first-order chi connectivity index (χ1) is 9.47. The summed E-state index contributed by atoms with van der Waals surface area (Å²) < 4.78 is 40.9. The van der Waals surface area contributed by atoms with Crippen LogP contribution in [-0.2, 0) is 6.18 Å². The summed E-state index contributed by atoms with van der Waals surface area (Å²) >= 11 is 0. The highest BCUT2D eigenvalue weighted by molar-refractivity contribution is 5.68. The molecule has 20 heavy (non-hydrogen) atoms. The van der Waals surface area contributed by atoms with Crippen LogP contribution in [-0.4, -0.2) is 14.5 Å². The van der Waals surface area contributed by atoms with Crippen LogP contribution in [0.5, 0.6) is 5.75 Å². The van der Waals surface area contributed by atoms with Crippen LogP contribution in [0.4, 0.5) is 13.2 Å². The summed E-state index contributed by atoms with van der Waals surface area (Å²) in [5.74, 6) is -0.418. The number of halogens is 3. The molecule has 0 aliphatic heterocycles. The third-order valence-electron chi connectivity index (χ3n) is 3.01. The maximum Gasteiger partial charge on any atom is 0.417 e. The Morgan fingerprint density at radius 1 is 1.10 bits per heavy atom. The van der Waals surface area contributed by atoms with Crippen molar-refractivity contribution in [2.45, 2.75) is 6.18 Å². The van der Waals surface area contributed by atoms with Crippen molar-refractivity contribution in [2.24, 2.45) is 0 Å². The van der Waals surface area contributed by atoms with Gasteiger partial charge in [-0.05, 0) is 30.3 Å². The Morgan fingerprint density at radius 2 is 1.90 bits per heavy atom. The topological polar surface area (TPSA) is 37.5 Å². The zero-order valence-corrected chi connectivity index (χ0v) is 10.1. The van der Waals surface area contributed by atoms with Crippen molar-refractivity contribution in [1.82, 2.24) is 9.38 Å². The van der Waals surface area contributed by atoms with Gasteiger partial charge >= 0.3 is 6.18 Å². The Kier molecular flexibility index (Phi) is 2.67. The fourth-order valence-electron chi connectivity index (χ4n) is 2.16. The molecular formula is C14H9F3N2O. The van der Waals surface area contributed by atoms with Gasteiger partial charge < -0.3 is 5.11 Å². The molecule has 3 nitrogen and oxygen atoms in total. The lowest BCUT2D eigenvalue weighted by molar-refractivity contribution is -0.137. The molecule has 3 aromatic rings. The van der Waals surface area contributed by atoms with Crippen molar-refractivity contribution in [3.63, 3.8) is 0 Å². The maximum absolute atomic E-state index is 13.1. The van der Waals surface area contributed by atoms with E-state index in [1.54, 1.807) is 28.8 Å². The van der Waals surface area contributed by atoms with Crippen LogP contribution in [0.3, 0.4) is 0 Å². The van der Waals surface area contributed by atoms with Crippen LogP contribution in [0.25, 0.3) is 16.9 Å². The number of phenols is 1. The molecule has 0 aliphatic rings. The molecule has 0 saturated heterocycles. The van der Waals surface area contributed by atoms with E-state index in [2.05, 4.69) is 4.98 Å². The summed E-state index contributed by atoms with van der Waals surface area (Å²) in [4.78, 5) is 4.05. The van der Waals surface area contributed by atoms with E-state index in [0.717, 1.165) is 6.07 Å². The van der Waals surface area contributed by atoms with Gasteiger partial charge in [-0.2, -0.15) is 13.2 Å². The summed E-state index contributed by atoms with van der Waals surface area (Å²) in [5.41, 5.74) is 0.0497. The molecule has 0 atom stereocenters. The largest absolute Gasteiger partial charge is 0.508 e. The average Bonchev–Trinajstić information content (AvgIpc) is 2.86. The van der Waals surface area contributed by atoms with Crippen molar-refractivity contribution < 1.29 is 18.3 Å². The Balaban J connectivity index is 2.32. The number of phenolic OH excluding ortho intramolecular Hbond substituents is 1. The van der Waals surface area contributed by atoms with E-state index >= 15 is 0 Å². The second kappa shape index (κ2) is 4.26. The van der Waals surface area contributed by atoms with Gasteiger partial charge in [0.15, 0.2) is 0 Å². The Bertz CT molecular complexity index is 777. The first-order valence-corrected chi connectivity index (χ1v) is 5.79. The third-order valence-corrected chi connectivity index (χ3v) is 3.01. The number of imidazole rings is 1. The van der Waals surface area contributed by atoms with Gasteiger partial charge in [0.2, 0.25) is 0 Å². The molecule has 0 radical (unpaired) electrons. The van der Waals surface area contributed by atoms with Gasteiger partial charge in [-0.25, -0.2) is 4.98 Å². The quantitative estimate of drug-likeness (QED) is 0.736. The zero-order chi connectivity index (χ0) is 14.3. The summed E-state index contributed by atoms with van der Waals surface area (Å²) in [6, 6.07) is 8.15. The lowest BCUT2D eigenvalue weighted by atomic mass is 10.0. The van der Waals surface area contributed by atoms with E-state index < -0.39 is 17.5 Å². The molecule has 1 N–H and O–H groups in total. The van der Waals surface area contributed by atoms with E-state index in [1.807, 2.05) is 0 Å². The maximum atomic E-state index is 13.1. The molecule has 0 fully saturated rings. The van der Waals surface area contributed by atoms with Gasteiger partial charge in [0, 0.05) is 18.0 Å². The van der Waals surface area contributed by atoms with Crippen molar-refractivity contribution in [3.8, 4) is 17.0 Å². The van der Waals surface area contributed by atoms with Crippen LogP contribution in [0.2, 0.25) is 0 Å². The molecule has 102 valence electrons. The second-order valence-electron chi connectivity index (χ2n) is 4.29. The van der Waals surface area contributed by atoms with Crippen LogP contribution >= 0.6 is 0 Å². The fourth-order valence-corrected chi connectivity index (χ4v) is 2.16. The number of aromatic hydroxyl groups is 1. The molecular weight excluding hydrogens is 269 g/mol. The molecule has 0 unspecified atom stereocenters. The minimum Gasteiger partial charge on any atom is -0.508 e. The number of alkyl halides is 3. The Hall–Kier alpha value is -2.50. The van der Waals surface area contributed by atoms with Crippen molar-refractivity contribution in [3.05, 3.63) is 54.4 Å². The highest BCUT2D eigenvalue weighted by atomic mass is 19.4. The average molecular weight is 278 g/mol. The number of aromatic nitrogens is 2. The van der Waals surface area contributed by atoms with Crippen molar-refractivity contribution in [2.75, 3.05) is 0 Å². The van der Waals surface area contributed by atoms with E-state index in [4.69, 9.17) is 0 Å². The molecule has 0 spiro atoms.